The maximum absolute atomic E-state index is 2.44. The van der Waals surface area contributed by atoms with Gasteiger partial charge in [-0.2, -0.15) is 0 Å². The molecule has 0 fully saturated rings. The van der Waals surface area contributed by atoms with Crippen molar-refractivity contribution in [2.24, 2.45) is 17.8 Å². The fraction of sp³-hybridized carbons (Fsp3) is 0.280. The minimum Gasteiger partial charge on any atom is -0.0836 e. The van der Waals surface area contributed by atoms with Crippen molar-refractivity contribution in [3.05, 3.63) is 100 Å². The predicted octanol–water partition coefficient (Wildman–Crippen LogP) is 6.21. The van der Waals surface area contributed by atoms with Crippen LogP contribution in [-0.2, 0) is 6.42 Å². The Kier molecular flexibility index (Phi) is 3.52. The van der Waals surface area contributed by atoms with Gasteiger partial charge in [-0.25, -0.2) is 0 Å². The van der Waals surface area contributed by atoms with E-state index in [1.807, 2.05) is 0 Å². The number of hydrogen-bond donors (Lipinski definition) is 0. The Balaban J connectivity index is 1.65. The van der Waals surface area contributed by atoms with Crippen LogP contribution < -0.4 is 0 Å². The van der Waals surface area contributed by atoms with E-state index in [9.17, 15) is 0 Å². The summed E-state index contributed by atoms with van der Waals surface area (Å²) in [6, 6.07) is 8.85. The van der Waals surface area contributed by atoms with Gasteiger partial charge in [-0.05, 0) is 53.0 Å². The summed E-state index contributed by atoms with van der Waals surface area (Å²) >= 11 is 0. The minimum atomic E-state index is 0.490. The molecule has 0 spiro atoms. The van der Waals surface area contributed by atoms with Crippen molar-refractivity contribution in [1.29, 1.82) is 0 Å². The first kappa shape index (κ1) is 15.0. The average molecular weight is 324 g/mol. The fourth-order valence-electron chi connectivity index (χ4n) is 5.07. The second-order valence-corrected chi connectivity index (χ2v) is 7.68. The van der Waals surface area contributed by atoms with Crippen molar-refractivity contribution >= 4 is 6.08 Å². The predicted molar refractivity (Wildman–Crippen MR) is 106 cm³/mol. The Bertz CT molecular complexity index is 898. The van der Waals surface area contributed by atoms with Gasteiger partial charge in [0.2, 0.25) is 0 Å². The molecule has 0 heterocycles. The van der Waals surface area contributed by atoms with Crippen LogP contribution in [0, 0.1) is 17.8 Å². The van der Waals surface area contributed by atoms with E-state index in [-0.39, 0.29) is 0 Å². The zero-order chi connectivity index (χ0) is 16.8. The van der Waals surface area contributed by atoms with E-state index in [2.05, 4.69) is 79.8 Å². The van der Waals surface area contributed by atoms with Crippen LogP contribution in [0.2, 0.25) is 0 Å². The number of benzene rings is 1. The molecule has 1 aromatic carbocycles. The van der Waals surface area contributed by atoms with Crippen molar-refractivity contribution < 1.29 is 0 Å². The average Bonchev–Trinajstić information content (AvgIpc) is 2.68. The Morgan fingerprint density at radius 1 is 0.960 bits per heavy atom. The van der Waals surface area contributed by atoms with E-state index in [0.717, 1.165) is 6.42 Å². The van der Waals surface area contributed by atoms with E-state index in [1.54, 1.807) is 22.3 Å². The molecule has 3 unspecified atom stereocenters. The molecular formula is C25H24. The van der Waals surface area contributed by atoms with Gasteiger partial charge in [-0.3, -0.25) is 0 Å². The highest BCUT2D eigenvalue weighted by atomic mass is 14.4. The van der Waals surface area contributed by atoms with Gasteiger partial charge in [0.05, 0.1) is 0 Å². The Morgan fingerprint density at radius 2 is 1.88 bits per heavy atom. The zero-order valence-electron chi connectivity index (χ0n) is 14.8. The molecule has 0 aromatic heterocycles. The Hall–Kier alpha value is -2.34. The topological polar surface area (TPSA) is 0 Å². The second-order valence-electron chi connectivity index (χ2n) is 7.68. The molecule has 4 aliphatic rings. The zero-order valence-corrected chi connectivity index (χ0v) is 14.8. The van der Waals surface area contributed by atoms with Crippen molar-refractivity contribution in [2.75, 3.05) is 0 Å². The smallest absolute Gasteiger partial charge is 0.00874 e. The summed E-state index contributed by atoms with van der Waals surface area (Å²) in [5.74, 6) is 1.67. The van der Waals surface area contributed by atoms with Gasteiger partial charge in [0.25, 0.3) is 0 Å². The summed E-state index contributed by atoms with van der Waals surface area (Å²) in [7, 11) is 0. The molecule has 124 valence electrons. The number of rotatable bonds is 1. The van der Waals surface area contributed by atoms with Crippen LogP contribution in [0.4, 0.5) is 0 Å². The molecule has 0 nitrogen and oxygen atoms in total. The molecule has 5 rings (SSSR count). The molecule has 4 aliphatic carbocycles. The first-order chi connectivity index (χ1) is 12.3. The summed E-state index contributed by atoms with van der Waals surface area (Å²) in [6.07, 6.45) is 22.3. The van der Waals surface area contributed by atoms with Crippen LogP contribution >= 0.6 is 0 Å². The number of hydrogen-bond acceptors (Lipinski definition) is 0. The highest BCUT2D eigenvalue weighted by Crippen LogP contribution is 2.48. The molecule has 0 amide bonds. The van der Waals surface area contributed by atoms with Crippen molar-refractivity contribution in [2.45, 2.75) is 26.2 Å². The molecule has 0 aliphatic heterocycles. The van der Waals surface area contributed by atoms with E-state index in [4.69, 9.17) is 0 Å². The van der Waals surface area contributed by atoms with E-state index >= 15 is 0 Å². The molecule has 0 bridgehead atoms. The van der Waals surface area contributed by atoms with Crippen molar-refractivity contribution in [3.63, 3.8) is 0 Å². The summed E-state index contributed by atoms with van der Waals surface area (Å²) in [5, 5.41) is 0. The summed E-state index contributed by atoms with van der Waals surface area (Å²) in [6.45, 7) is 2.42. The van der Waals surface area contributed by atoms with Crippen LogP contribution in [0.5, 0.6) is 0 Å². The normalized spacial score (nSPS) is 29.6. The molecule has 0 saturated heterocycles. The van der Waals surface area contributed by atoms with Gasteiger partial charge in [-0.15, -0.1) is 0 Å². The third-order valence-corrected chi connectivity index (χ3v) is 6.34. The number of fused-ring (bicyclic) bond motifs is 2. The van der Waals surface area contributed by atoms with Gasteiger partial charge in [0.1, 0.15) is 0 Å². The highest BCUT2D eigenvalue weighted by molar-refractivity contribution is 5.64. The van der Waals surface area contributed by atoms with Crippen LogP contribution in [0.25, 0.3) is 6.08 Å². The molecule has 0 saturated carbocycles. The third kappa shape index (κ3) is 2.35. The first-order valence-corrected chi connectivity index (χ1v) is 9.58. The fourth-order valence-corrected chi connectivity index (χ4v) is 5.07. The molecule has 0 heteroatoms. The Morgan fingerprint density at radius 3 is 2.84 bits per heavy atom. The molecule has 0 radical (unpaired) electrons. The third-order valence-electron chi connectivity index (χ3n) is 6.34. The molecular weight excluding hydrogens is 300 g/mol. The van der Waals surface area contributed by atoms with Gasteiger partial charge < -0.3 is 0 Å². The van der Waals surface area contributed by atoms with Crippen LogP contribution in [0.3, 0.4) is 0 Å². The molecule has 1 aromatic rings. The van der Waals surface area contributed by atoms with Crippen LogP contribution in [-0.4, -0.2) is 0 Å². The van der Waals surface area contributed by atoms with Gasteiger partial charge in [0, 0.05) is 11.8 Å². The lowest BCUT2D eigenvalue weighted by molar-refractivity contribution is 0.508. The maximum atomic E-state index is 2.44. The largest absolute Gasteiger partial charge is 0.0836 e. The molecule has 0 N–H and O–H groups in total. The minimum absolute atomic E-state index is 0.490. The molecule has 3 atom stereocenters. The van der Waals surface area contributed by atoms with Crippen LogP contribution in [0.15, 0.2) is 89.1 Å². The SMILES string of the molecule is CC1C2=C(C=CCC2)C(C2C=Cc3ccccc3C2)=C2C=CC=CC21. The molecule has 25 heavy (non-hydrogen) atoms. The highest BCUT2D eigenvalue weighted by Gasteiger charge is 2.35. The quantitative estimate of drug-likeness (QED) is 0.576. The second kappa shape index (κ2) is 5.88. The van der Waals surface area contributed by atoms with E-state index in [1.165, 1.54) is 24.0 Å². The lowest BCUT2D eigenvalue weighted by Gasteiger charge is -2.39. The first-order valence-electron chi connectivity index (χ1n) is 9.58. The summed E-state index contributed by atoms with van der Waals surface area (Å²) in [4.78, 5) is 0. The van der Waals surface area contributed by atoms with Crippen molar-refractivity contribution in [3.8, 4) is 0 Å². The van der Waals surface area contributed by atoms with Gasteiger partial charge >= 0.3 is 0 Å². The monoisotopic (exact) mass is 324 g/mol. The summed E-state index contributed by atoms with van der Waals surface area (Å²) < 4.78 is 0. The van der Waals surface area contributed by atoms with Crippen molar-refractivity contribution in [1.82, 2.24) is 0 Å². The maximum Gasteiger partial charge on any atom is 0.00874 e. The lowest BCUT2D eigenvalue weighted by atomic mass is 9.65. The lowest BCUT2D eigenvalue weighted by Crippen LogP contribution is -2.27. The van der Waals surface area contributed by atoms with E-state index in [0.29, 0.717) is 17.8 Å². The van der Waals surface area contributed by atoms with Gasteiger partial charge in [-0.1, -0.05) is 85.4 Å². The Labute approximate surface area is 150 Å². The standard InChI is InChI=1S/C25H24/c1-17-21-10-4-6-12-23(21)25(24-13-7-5-11-22(17)24)20-15-14-18-8-2-3-9-19(18)16-20/h2-4,6-10,12-15,17,20-21H,5,11,16H2,1H3. The van der Waals surface area contributed by atoms with E-state index < -0.39 is 0 Å². The van der Waals surface area contributed by atoms with Crippen LogP contribution in [0.1, 0.15) is 30.9 Å². The number of allylic oxidation sites excluding steroid dienone is 11. The van der Waals surface area contributed by atoms with Gasteiger partial charge in [0.15, 0.2) is 0 Å². The summed E-state index contributed by atoms with van der Waals surface area (Å²) in [5.41, 5.74) is 9.22.